The van der Waals surface area contributed by atoms with Crippen LogP contribution < -0.4 is 14.8 Å². The van der Waals surface area contributed by atoms with E-state index in [0.717, 1.165) is 11.8 Å². The molecule has 1 N–H and O–H groups in total. The molecule has 144 valence electrons. The third-order valence-corrected chi connectivity index (χ3v) is 5.07. The Morgan fingerprint density at radius 1 is 1.19 bits per heavy atom. The molecule has 7 heteroatoms. The third kappa shape index (κ3) is 5.34. The fourth-order valence-corrected chi connectivity index (χ4v) is 3.07. The van der Waals surface area contributed by atoms with Crippen LogP contribution in [0.15, 0.2) is 60.0 Å². The average molecular weight is 389 g/mol. The van der Waals surface area contributed by atoms with Crippen molar-refractivity contribution in [3.05, 3.63) is 66.2 Å². The molecule has 0 saturated heterocycles. The monoisotopic (exact) mass is 389 g/mol. The number of ether oxygens (including phenoxy) is 2. The normalized spacial score (nSPS) is 12.1. The standard InChI is InChI=1S/C20H23NO5S/c1-5-12-26-18-11-8-16(13-19(18)25-3)20(22)21-14(2)15-6-9-17(10-7-15)27(4,23)24/h5-11,13-14H,1,12H2,2-4H3,(H,21,22). The lowest BCUT2D eigenvalue weighted by atomic mass is 10.1. The van der Waals surface area contributed by atoms with Crippen LogP contribution in [-0.2, 0) is 9.84 Å². The average Bonchev–Trinajstić information content (AvgIpc) is 2.65. The summed E-state index contributed by atoms with van der Waals surface area (Å²) in [6.07, 6.45) is 2.78. The largest absolute Gasteiger partial charge is 0.493 e. The summed E-state index contributed by atoms with van der Waals surface area (Å²) in [4.78, 5) is 12.8. The number of sulfone groups is 1. The Hall–Kier alpha value is -2.80. The molecule has 0 aliphatic rings. The van der Waals surface area contributed by atoms with E-state index in [1.807, 2.05) is 6.92 Å². The van der Waals surface area contributed by atoms with Gasteiger partial charge in [0.15, 0.2) is 21.3 Å². The van der Waals surface area contributed by atoms with Crippen molar-refractivity contribution in [2.24, 2.45) is 0 Å². The molecule has 0 bridgehead atoms. The van der Waals surface area contributed by atoms with E-state index in [0.29, 0.717) is 23.7 Å². The van der Waals surface area contributed by atoms with Crippen molar-refractivity contribution in [2.45, 2.75) is 17.9 Å². The molecule has 0 heterocycles. The van der Waals surface area contributed by atoms with Gasteiger partial charge in [-0.05, 0) is 42.8 Å². The van der Waals surface area contributed by atoms with Crippen LogP contribution in [0.2, 0.25) is 0 Å². The SMILES string of the molecule is C=CCOc1ccc(C(=O)NC(C)c2ccc(S(C)(=O)=O)cc2)cc1OC. The molecule has 1 atom stereocenters. The number of amides is 1. The van der Waals surface area contributed by atoms with Gasteiger partial charge < -0.3 is 14.8 Å². The first-order valence-electron chi connectivity index (χ1n) is 8.29. The fourth-order valence-electron chi connectivity index (χ4n) is 2.44. The molecular formula is C20H23NO5S. The lowest BCUT2D eigenvalue weighted by Gasteiger charge is -2.16. The minimum absolute atomic E-state index is 0.240. The summed E-state index contributed by atoms with van der Waals surface area (Å²) in [5.74, 6) is 0.705. The number of carbonyl (C=O) groups is 1. The molecule has 0 aliphatic carbocycles. The molecule has 6 nitrogen and oxygen atoms in total. The van der Waals surface area contributed by atoms with Crippen molar-refractivity contribution >= 4 is 15.7 Å². The number of benzene rings is 2. The molecule has 2 rings (SSSR count). The van der Waals surface area contributed by atoms with E-state index in [1.165, 1.54) is 19.2 Å². The van der Waals surface area contributed by atoms with Crippen molar-refractivity contribution in [2.75, 3.05) is 20.0 Å². The van der Waals surface area contributed by atoms with E-state index in [9.17, 15) is 13.2 Å². The molecule has 27 heavy (non-hydrogen) atoms. The van der Waals surface area contributed by atoms with Gasteiger partial charge in [-0.15, -0.1) is 0 Å². The van der Waals surface area contributed by atoms with Crippen LogP contribution in [0.4, 0.5) is 0 Å². The highest BCUT2D eigenvalue weighted by atomic mass is 32.2. The summed E-state index contributed by atoms with van der Waals surface area (Å²) in [7, 11) is -1.75. The van der Waals surface area contributed by atoms with Crippen LogP contribution in [0.25, 0.3) is 0 Å². The number of rotatable bonds is 8. The lowest BCUT2D eigenvalue weighted by Crippen LogP contribution is -2.26. The Balaban J connectivity index is 2.12. The first-order chi connectivity index (χ1) is 12.8. The van der Waals surface area contributed by atoms with Crippen molar-refractivity contribution in [3.63, 3.8) is 0 Å². The van der Waals surface area contributed by atoms with E-state index < -0.39 is 9.84 Å². The molecule has 0 saturated carbocycles. The lowest BCUT2D eigenvalue weighted by molar-refractivity contribution is 0.0939. The highest BCUT2D eigenvalue weighted by molar-refractivity contribution is 7.90. The van der Waals surface area contributed by atoms with Gasteiger partial charge in [0.05, 0.1) is 18.0 Å². The molecule has 0 aliphatic heterocycles. The molecule has 0 radical (unpaired) electrons. The molecule has 0 aromatic heterocycles. The molecular weight excluding hydrogens is 366 g/mol. The summed E-state index contributed by atoms with van der Waals surface area (Å²) in [5.41, 5.74) is 1.23. The van der Waals surface area contributed by atoms with Crippen LogP contribution in [-0.4, -0.2) is 34.3 Å². The van der Waals surface area contributed by atoms with Gasteiger partial charge in [-0.25, -0.2) is 8.42 Å². The van der Waals surface area contributed by atoms with Crippen LogP contribution in [0.3, 0.4) is 0 Å². The Morgan fingerprint density at radius 3 is 2.41 bits per heavy atom. The van der Waals surface area contributed by atoms with Gasteiger partial charge in [-0.3, -0.25) is 4.79 Å². The number of hydrogen-bond acceptors (Lipinski definition) is 5. The smallest absolute Gasteiger partial charge is 0.251 e. The second kappa shape index (κ2) is 8.73. The predicted octanol–water partition coefficient (Wildman–Crippen LogP) is 3.15. The van der Waals surface area contributed by atoms with Crippen molar-refractivity contribution < 1.29 is 22.7 Å². The Bertz CT molecular complexity index is 920. The molecule has 2 aromatic rings. The van der Waals surface area contributed by atoms with Gasteiger partial charge in [-0.1, -0.05) is 24.8 Å². The quantitative estimate of drug-likeness (QED) is 0.702. The van der Waals surface area contributed by atoms with Crippen LogP contribution >= 0.6 is 0 Å². The van der Waals surface area contributed by atoms with Crippen LogP contribution in [0, 0.1) is 0 Å². The van der Waals surface area contributed by atoms with Gasteiger partial charge in [0.25, 0.3) is 5.91 Å². The first-order valence-corrected chi connectivity index (χ1v) is 10.2. The zero-order chi connectivity index (χ0) is 20.0. The summed E-state index contributed by atoms with van der Waals surface area (Å²) < 4.78 is 33.8. The van der Waals surface area contributed by atoms with E-state index in [1.54, 1.807) is 36.4 Å². The zero-order valence-corrected chi connectivity index (χ0v) is 16.4. The fraction of sp³-hybridized carbons (Fsp3) is 0.250. The van der Waals surface area contributed by atoms with E-state index in [2.05, 4.69) is 11.9 Å². The first kappa shape index (κ1) is 20.5. The Labute approximate surface area is 159 Å². The Morgan fingerprint density at radius 2 is 1.85 bits per heavy atom. The highest BCUT2D eigenvalue weighted by Gasteiger charge is 2.15. The van der Waals surface area contributed by atoms with Gasteiger partial charge in [0.1, 0.15) is 6.61 Å². The highest BCUT2D eigenvalue weighted by Crippen LogP contribution is 2.28. The number of nitrogens with one attached hydrogen (secondary N) is 1. The minimum Gasteiger partial charge on any atom is -0.493 e. The second-order valence-electron chi connectivity index (χ2n) is 6.00. The molecule has 2 aromatic carbocycles. The van der Waals surface area contributed by atoms with E-state index in [4.69, 9.17) is 9.47 Å². The van der Waals surface area contributed by atoms with Crippen molar-refractivity contribution in [3.8, 4) is 11.5 Å². The molecule has 1 unspecified atom stereocenters. The Kier molecular flexibility index (Phi) is 6.63. The number of methoxy groups -OCH3 is 1. The van der Waals surface area contributed by atoms with E-state index in [-0.39, 0.29) is 16.8 Å². The maximum absolute atomic E-state index is 12.5. The van der Waals surface area contributed by atoms with Crippen LogP contribution in [0.5, 0.6) is 11.5 Å². The van der Waals surface area contributed by atoms with Gasteiger partial charge >= 0.3 is 0 Å². The zero-order valence-electron chi connectivity index (χ0n) is 15.6. The minimum atomic E-state index is -3.25. The summed E-state index contributed by atoms with van der Waals surface area (Å²) >= 11 is 0. The number of carbonyl (C=O) groups excluding carboxylic acids is 1. The second-order valence-corrected chi connectivity index (χ2v) is 8.02. The van der Waals surface area contributed by atoms with Crippen molar-refractivity contribution in [1.82, 2.24) is 5.32 Å². The van der Waals surface area contributed by atoms with Crippen molar-refractivity contribution in [1.29, 1.82) is 0 Å². The number of hydrogen-bond donors (Lipinski definition) is 1. The van der Waals surface area contributed by atoms with Gasteiger partial charge in [0.2, 0.25) is 0 Å². The third-order valence-electron chi connectivity index (χ3n) is 3.94. The topological polar surface area (TPSA) is 81.7 Å². The van der Waals surface area contributed by atoms with Gasteiger partial charge in [0, 0.05) is 11.8 Å². The molecule has 0 fully saturated rings. The maximum atomic E-state index is 12.5. The summed E-state index contributed by atoms with van der Waals surface area (Å²) in [6.45, 7) is 5.76. The van der Waals surface area contributed by atoms with Crippen LogP contribution in [0.1, 0.15) is 28.9 Å². The molecule has 1 amide bonds. The summed E-state index contributed by atoms with van der Waals surface area (Å²) in [5, 5.41) is 2.88. The maximum Gasteiger partial charge on any atom is 0.251 e. The molecule has 0 spiro atoms. The van der Waals surface area contributed by atoms with Gasteiger partial charge in [-0.2, -0.15) is 0 Å². The van der Waals surface area contributed by atoms with E-state index >= 15 is 0 Å². The summed E-state index contributed by atoms with van der Waals surface area (Å²) in [6, 6.07) is 11.1. The predicted molar refractivity (Wildman–Crippen MR) is 104 cm³/mol.